The van der Waals surface area contributed by atoms with Gasteiger partial charge in [0.05, 0.1) is 9.92 Å². The molecule has 0 aliphatic rings. The number of hydrogen-bond donors (Lipinski definition) is 1. The Balaban J connectivity index is 1.86. The molecule has 1 aromatic heterocycles. The minimum absolute atomic E-state index is 0.0206. The lowest BCUT2D eigenvalue weighted by atomic mass is 10.2. The molecule has 2 aromatic carbocycles. The van der Waals surface area contributed by atoms with Crippen LogP contribution < -0.4 is 5.32 Å². The number of benzene rings is 2. The SMILES string of the molecule is CS(=O)(=O)c1cc(C(=O)Nc2ccc(-n3cncn3)c(F)c2)ccc1Cl. The van der Waals surface area contributed by atoms with Crippen LogP contribution in [0.2, 0.25) is 5.02 Å². The van der Waals surface area contributed by atoms with Gasteiger partial charge in [0.2, 0.25) is 0 Å². The molecule has 7 nitrogen and oxygen atoms in total. The first-order valence-corrected chi connectivity index (χ1v) is 9.48. The Morgan fingerprint density at radius 3 is 2.62 bits per heavy atom. The lowest BCUT2D eigenvalue weighted by molar-refractivity contribution is 0.102. The normalized spacial score (nSPS) is 11.3. The average molecular weight is 395 g/mol. The maximum absolute atomic E-state index is 14.2. The summed E-state index contributed by atoms with van der Waals surface area (Å²) in [5.41, 5.74) is 0.453. The third-order valence-corrected chi connectivity index (χ3v) is 5.04. The van der Waals surface area contributed by atoms with E-state index in [1.807, 2.05) is 0 Å². The Labute approximate surface area is 153 Å². The van der Waals surface area contributed by atoms with Crippen LogP contribution in [0.25, 0.3) is 5.69 Å². The predicted molar refractivity (Wildman–Crippen MR) is 93.8 cm³/mol. The molecule has 0 spiro atoms. The fourth-order valence-electron chi connectivity index (χ4n) is 2.24. The third-order valence-electron chi connectivity index (χ3n) is 3.46. The van der Waals surface area contributed by atoms with E-state index in [0.717, 1.165) is 12.3 Å². The van der Waals surface area contributed by atoms with Crippen molar-refractivity contribution in [1.82, 2.24) is 14.8 Å². The first kappa shape index (κ1) is 18.0. The molecule has 0 unspecified atom stereocenters. The van der Waals surface area contributed by atoms with Gasteiger partial charge >= 0.3 is 0 Å². The van der Waals surface area contributed by atoms with Gasteiger partial charge in [-0.1, -0.05) is 11.6 Å². The number of anilines is 1. The van der Waals surface area contributed by atoms with Gasteiger partial charge in [-0.15, -0.1) is 0 Å². The van der Waals surface area contributed by atoms with Crippen molar-refractivity contribution in [3.8, 4) is 5.69 Å². The van der Waals surface area contributed by atoms with E-state index in [-0.39, 0.29) is 26.9 Å². The summed E-state index contributed by atoms with van der Waals surface area (Å²) in [6.45, 7) is 0. The van der Waals surface area contributed by atoms with Crippen LogP contribution in [-0.4, -0.2) is 35.3 Å². The molecule has 134 valence electrons. The van der Waals surface area contributed by atoms with Crippen molar-refractivity contribution >= 4 is 33.0 Å². The Bertz CT molecular complexity index is 1080. The number of aromatic nitrogens is 3. The molecule has 26 heavy (non-hydrogen) atoms. The van der Waals surface area contributed by atoms with Crippen molar-refractivity contribution in [1.29, 1.82) is 0 Å². The van der Waals surface area contributed by atoms with Crippen LogP contribution in [0.4, 0.5) is 10.1 Å². The molecule has 3 rings (SSSR count). The molecule has 0 aliphatic carbocycles. The molecule has 0 fully saturated rings. The molecule has 10 heteroatoms. The molecule has 0 radical (unpaired) electrons. The smallest absolute Gasteiger partial charge is 0.255 e. The van der Waals surface area contributed by atoms with Gasteiger partial charge in [0, 0.05) is 17.5 Å². The Kier molecular flexibility index (Phi) is 4.75. The van der Waals surface area contributed by atoms with E-state index in [2.05, 4.69) is 15.4 Å². The van der Waals surface area contributed by atoms with Crippen LogP contribution in [0, 0.1) is 5.82 Å². The molecule has 1 heterocycles. The van der Waals surface area contributed by atoms with Crippen molar-refractivity contribution in [3.63, 3.8) is 0 Å². The van der Waals surface area contributed by atoms with Crippen molar-refractivity contribution < 1.29 is 17.6 Å². The van der Waals surface area contributed by atoms with E-state index in [1.54, 1.807) is 0 Å². The third kappa shape index (κ3) is 3.73. The predicted octanol–water partition coefficient (Wildman–Crippen LogP) is 2.72. The summed E-state index contributed by atoms with van der Waals surface area (Å²) in [4.78, 5) is 15.9. The van der Waals surface area contributed by atoms with E-state index >= 15 is 0 Å². The number of nitrogens with zero attached hydrogens (tertiary/aromatic N) is 3. The fourth-order valence-corrected chi connectivity index (χ4v) is 3.54. The molecule has 0 atom stereocenters. The topological polar surface area (TPSA) is 94.0 Å². The second-order valence-electron chi connectivity index (χ2n) is 5.38. The standard InChI is InChI=1S/C16H12ClFN4O3S/c1-26(24,25)15-6-10(2-4-12(15)17)16(23)21-11-3-5-14(13(18)7-11)22-9-19-8-20-22/h2-9H,1H3,(H,21,23). The van der Waals surface area contributed by atoms with Gasteiger partial charge in [-0.05, 0) is 36.4 Å². The van der Waals surface area contributed by atoms with Crippen molar-refractivity contribution in [2.75, 3.05) is 11.6 Å². The summed E-state index contributed by atoms with van der Waals surface area (Å²) in [7, 11) is -3.59. The molecule has 0 saturated carbocycles. The number of nitrogens with one attached hydrogen (secondary N) is 1. The molecule has 0 aliphatic heterocycles. The van der Waals surface area contributed by atoms with Gasteiger partial charge < -0.3 is 5.32 Å². The zero-order chi connectivity index (χ0) is 18.9. The summed E-state index contributed by atoms with van der Waals surface area (Å²) < 4.78 is 38.9. The lowest BCUT2D eigenvalue weighted by Gasteiger charge is -2.09. The van der Waals surface area contributed by atoms with E-state index in [9.17, 15) is 17.6 Å². The van der Waals surface area contributed by atoms with Crippen molar-refractivity contribution in [2.45, 2.75) is 4.90 Å². The molecular formula is C16H12ClFN4O3S. The second-order valence-corrected chi connectivity index (χ2v) is 7.77. The number of amides is 1. The first-order chi connectivity index (χ1) is 12.3. The summed E-state index contributed by atoms with van der Waals surface area (Å²) in [6, 6.07) is 7.93. The van der Waals surface area contributed by atoms with Gasteiger partial charge in [0.15, 0.2) is 15.7 Å². The minimum atomic E-state index is -3.59. The molecule has 3 aromatic rings. The first-order valence-electron chi connectivity index (χ1n) is 7.21. The van der Waals surface area contributed by atoms with Crippen LogP contribution in [0.3, 0.4) is 0 Å². The van der Waals surface area contributed by atoms with Crippen molar-refractivity contribution in [3.05, 3.63) is 65.5 Å². The zero-order valence-electron chi connectivity index (χ0n) is 13.3. The number of hydrogen-bond acceptors (Lipinski definition) is 5. The second kappa shape index (κ2) is 6.85. The van der Waals surface area contributed by atoms with E-state index in [0.29, 0.717) is 0 Å². The number of carbonyl (C=O) groups is 1. The van der Waals surface area contributed by atoms with Gasteiger partial charge in [-0.3, -0.25) is 4.79 Å². The van der Waals surface area contributed by atoms with Crippen LogP contribution in [0.5, 0.6) is 0 Å². The molecule has 1 N–H and O–H groups in total. The highest BCUT2D eigenvalue weighted by Gasteiger charge is 2.16. The fraction of sp³-hybridized carbons (Fsp3) is 0.0625. The monoisotopic (exact) mass is 394 g/mol. The van der Waals surface area contributed by atoms with E-state index < -0.39 is 21.6 Å². The maximum Gasteiger partial charge on any atom is 0.255 e. The van der Waals surface area contributed by atoms with E-state index in [1.165, 1.54) is 47.7 Å². The van der Waals surface area contributed by atoms with Gasteiger partial charge in [-0.25, -0.2) is 22.5 Å². The summed E-state index contributed by atoms with van der Waals surface area (Å²) in [6.07, 6.45) is 3.61. The number of sulfone groups is 1. The highest BCUT2D eigenvalue weighted by atomic mass is 35.5. The Hall–Kier alpha value is -2.78. The summed E-state index contributed by atoms with van der Waals surface area (Å²) >= 11 is 5.86. The molecule has 0 bridgehead atoms. The Morgan fingerprint density at radius 2 is 2.00 bits per heavy atom. The van der Waals surface area contributed by atoms with E-state index in [4.69, 9.17) is 11.6 Å². The lowest BCUT2D eigenvalue weighted by Crippen LogP contribution is -2.13. The van der Waals surface area contributed by atoms with Crippen LogP contribution in [0.1, 0.15) is 10.4 Å². The quantitative estimate of drug-likeness (QED) is 0.734. The average Bonchev–Trinajstić information content (AvgIpc) is 3.08. The molecular weight excluding hydrogens is 383 g/mol. The van der Waals surface area contributed by atoms with Crippen LogP contribution in [0.15, 0.2) is 53.9 Å². The highest BCUT2D eigenvalue weighted by molar-refractivity contribution is 7.90. The number of rotatable bonds is 4. The van der Waals surface area contributed by atoms with Gasteiger partial charge in [0.1, 0.15) is 18.3 Å². The highest BCUT2D eigenvalue weighted by Crippen LogP contribution is 2.24. The molecule has 1 amide bonds. The van der Waals surface area contributed by atoms with Crippen LogP contribution in [-0.2, 0) is 9.84 Å². The molecule has 0 saturated heterocycles. The number of carbonyl (C=O) groups excluding carboxylic acids is 1. The van der Waals surface area contributed by atoms with Crippen molar-refractivity contribution in [2.24, 2.45) is 0 Å². The van der Waals surface area contributed by atoms with Crippen LogP contribution >= 0.6 is 11.6 Å². The largest absolute Gasteiger partial charge is 0.322 e. The summed E-state index contributed by atoms with van der Waals surface area (Å²) in [5.74, 6) is -1.21. The van der Waals surface area contributed by atoms with Gasteiger partial charge in [0.25, 0.3) is 5.91 Å². The van der Waals surface area contributed by atoms with Gasteiger partial charge in [-0.2, -0.15) is 5.10 Å². The zero-order valence-corrected chi connectivity index (χ0v) is 14.9. The Morgan fingerprint density at radius 1 is 1.23 bits per heavy atom. The summed E-state index contributed by atoms with van der Waals surface area (Å²) in [5, 5.41) is 6.36. The maximum atomic E-state index is 14.2. The number of halogens is 2. The minimum Gasteiger partial charge on any atom is -0.322 e.